The van der Waals surface area contributed by atoms with Crippen molar-refractivity contribution in [2.45, 2.75) is 19.4 Å². The van der Waals surface area contributed by atoms with Crippen molar-refractivity contribution in [3.05, 3.63) is 66.2 Å². The molecule has 0 saturated carbocycles. The van der Waals surface area contributed by atoms with Gasteiger partial charge in [0.05, 0.1) is 0 Å². The van der Waals surface area contributed by atoms with Gasteiger partial charge in [-0.05, 0) is 17.2 Å². The average molecular weight is 292 g/mol. The van der Waals surface area contributed by atoms with Crippen LogP contribution in [-0.4, -0.2) is 26.0 Å². The van der Waals surface area contributed by atoms with Crippen LogP contribution in [0.3, 0.4) is 0 Å². The van der Waals surface area contributed by atoms with E-state index >= 15 is 0 Å². The normalized spacial score (nSPS) is 10.5. The van der Waals surface area contributed by atoms with Gasteiger partial charge in [0.25, 0.3) is 0 Å². The Hall–Kier alpha value is -2.82. The summed E-state index contributed by atoms with van der Waals surface area (Å²) in [7, 11) is 0. The van der Waals surface area contributed by atoms with E-state index in [1.54, 1.807) is 0 Å². The molecule has 5 heteroatoms. The monoisotopic (exact) mass is 292 g/mol. The summed E-state index contributed by atoms with van der Waals surface area (Å²) < 4.78 is 0. The molecule has 0 aliphatic heterocycles. The molecule has 1 heterocycles. The number of carbonyl (C=O) groups is 1. The van der Waals surface area contributed by atoms with Crippen LogP contribution in [0.4, 0.5) is 0 Å². The first-order chi connectivity index (χ1) is 10.8. The van der Waals surface area contributed by atoms with Crippen molar-refractivity contribution in [1.82, 2.24) is 20.2 Å². The fourth-order valence-corrected chi connectivity index (χ4v) is 2.18. The van der Waals surface area contributed by atoms with E-state index in [0.717, 1.165) is 17.5 Å². The minimum absolute atomic E-state index is 0.0980. The number of ketones is 1. The van der Waals surface area contributed by atoms with E-state index in [-0.39, 0.29) is 12.3 Å². The van der Waals surface area contributed by atoms with Crippen molar-refractivity contribution in [2.75, 3.05) is 0 Å². The van der Waals surface area contributed by atoms with Crippen molar-refractivity contribution in [1.29, 1.82) is 0 Å². The summed E-state index contributed by atoms with van der Waals surface area (Å²) in [6.45, 7) is 0.159. The first-order valence-electron chi connectivity index (χ1n) is 7.20. The standard InChI is InChI=1S/C17H16N4O/c22-16(12-11-14-7-3-1-4-8-14)13-21-19-17(18-20-21)15-9-5-2-6-10-15/h1-10H,11-13H2. The number of aromatic nitrogens is 4. The van der Waals surface area contributed by atoms with Crippen LogP contribution < -0.4 is 0 Å². The van der Waals surface area contributed by atoms with Gasteiger partial charge in [0.15, 0.2) is 5.78 Å². The lowest BCUT2D eigenvalue weighted by molar-refractivity contribution is -0.120. The van der Waals surface area contributed by atoms with Gasteiger partial charge < -0.3 is 0 Å². The van der Waals surface area contributed by atoms with E-state index in [1.165, 1.54) is 4.80 Å². The molecular formula is C17H16N4O. The van der Waals surface area contributed by atoms with E-state index in [2.05, 4.69) is 15.4 Å². The number of hydrogen-bond donors (Lipinski definition) is 0. The van der Waals surface area contributed by atoms with Crippen LogP contribution in [0.2, 0.25) is 0 Å². The van der Waals surface area contributed by atoms with Crippen LogP contribution in [0.15, 0.2) is 60.7 Å². The fraction of sp³-hybridized carbons (Fsp3) is 0.176. The second-order valence-electron chi connectivity index (χ2n) is 5.03. The molecule has 0 saturated heterocycles. The molecule has 5 nitrogen and oxygen atoms in total. The molecule has 110 valence electrons. The van der Waals surface area contributed by atoms with Gasteiger partial charge in [-0.25, -0.2) is 0 Å². The fourth-order valence-electron chi connectivity index (χ4n) is 2.18. The van der Waals surface area contributed by atoms with Gasteiger partial charge in [0, 0.05) is 12.0 Å². The molecule has 0 unspecified atom stereocenters. The second kappa shape index (κ2) is 6.76. The number of benzene rings is 2. The van der Waals surface area contributed by atoms with Gasteiger partial charge in [0.2, 0.25) is 5.82 Å². The number of nitrogens with zero attached hydrogens (tertiary/aromatic N) is 4. The second-order valence-corrected chi connectivity index (χ2v) is 5.03. The predicted molar refractivity (Wildman–Crippen MR) is 83.0 cm³/mol. The molecule has 0 atom stereocenters. The molecule has 2 aromatic carbocycles. The lowest BCUT2D eigenvalue weighted by atomic mass is 10.1. The third-order valence-electron chi connectivity index (χ3n) is 3.34. The number of hydrogen-bond acceptors (Lipinski definition) is 4. The van der Waals surface area contributed by atoms with Gasteiger partial charge in [-0.2, -0.15) is 4.80 Å². The maximum Gasteiger partial charge on any atom is 0.204 e. The van der Waals surface area contributed by atoms with E-state index in [0.29, 0.717) is 12.2 Å². The average Bonchev–Trinajstić information content (AvgIpc) is 3.03. The Morgan fingerprint density at radius 1 is 0.955 bits per heavy atom. The largest absolute Gasteiger partial charge is 0.298 e. The van der Waals surface area contributed by atoms with Crippen LogP contribution in [-0.2, 0) is 17.8 Å². The minimum atomic E-state index is 0.0980. The zero-order valence-corrected chi connectivity index (χ0v) is 12.1. The van der Waals surface area contributed by atoms with Crippen molar-refractivity contribution in [3.8, 4) is 11.4 Å². The van der Waals surface area contributed by atoms with Gasteiger partial charge in [-0.1, -0.05) is 60.7 Å². The van der Waals surface area contributed by atoms with Crippen LogP contribution in [0.5, 0.6) is 0 Å². The highest BCUT2D eigenvalue weighted by molar-refractivity contribution is 5.78. The number of aryl methyl sites for hydroxylation is 1. The summed E-state index contributed by atoms with van der Waals surface area (Å²) in [6, 6.07) is 19.6. The third kappa shape index (κ3) is 3.63. The van der Waals surface area contributed by atoms with Gasteiger partial charge in [-0.15, -0.1) is 10.2 Å². The van der Waals surface area contributed by atoms with Crippen molar-refractivity contribution < 1.29 is 4.79 Å². The summed E-state index contributed by atoms with van der Waals surface area (Å²) in [6.07, 6.45) is 1.21. The Labute approximate surface area is 128 Å². The lowest BCUT2D eigenvalue weighted by Gasteiger charge is -2.00. The molecule has 0 aliphatic carbocycles. The minimum Gasteiger partial charge on any atom is -0.298 e. The van der Waals surface area contributed by atoms with Crippen LogP contribution in [0.1, 0.15) is 12.0 Å². The highest BCUT2D eigenvalue weighted by Crippen LogP contribution is 2.11. The topological polar surface area (TPSA) is 60.7 Å². The summed E-state index contributed by atoms with van der Waals surface area (Å²) in [5, 5.41) is 12.2. The Morgan fingerprint density at radius 2 is 1.64 bits per heavy atom. The SMILES string of the molecule is O=C(CCc1ccccc1)Cn1nnc(-c2ccccc2)n1. The predicted octanol–water partition coefficient (Wildman–Crippen LogP) is 2.54. The molecular weight excluding hydrogens is 276 g/mol. The third-order valence-corrected chi connectivity index (χ3v) is 3.34. The quantitative estimate of drug-likeness (QED) is 0.700. The molecule has 0 bridgehead atoms. The van der Waals surface area contributed by atoms with E-state index in [4.69, 9.17) is 0 Å². The maximum absolute atomic E-state index is 12.0. The zero-order chi connectivity index (χ0) is 15.2. The van der Waals surface area contributed by atoms with Crippen LogP contribution in [0, 0.1) is 0 Å². The Balaban J connectivity index is 1.57. The van der Waals surface area contributed by atoms with E-state index < -0.39 is 0 Å². The number of rotatable bonds is 6. The Morgan fingerprint density at radius 3 is 2.36 bits per heavy atom. The van der Waals surface area contributed by atoms with E-state index in [1.807, 2.05) is 60.7 Å². The molecule has 0 radical (unpaired) electrons. The van der Waals surface area contributed by atoms with Gasteiger partial charge in [-0.3, -0.25) is 4.79 Å². The molecule has 3 aromatic rings. The molecule has 1 aromatic heterocycles. The van der Waals surface area contributed by atoms with Crippen LogP contribution >= 0.6 is 0 Å². The van der Waals surface area contributed by atoms with Crippen molar-refractivity contribution in [3.63, 3.8) is 0 Å². The lowest BCUT2D eigenvalue weighted by Crippen LogP contribution is -2.13. The molecule has 0 amide bonds. The number of Topliss-reactive ketones (excluding diaryl/α,β-unsaturated/α-hetero) is 1. The van der Waals surface area contributed by atoms with Crippen molar-refractivity contribution >= 4 is 5.78 Å². The summed E-state index contributed by atoms with van der Waals surface area (Å²) >= 11 is 0. The summed E-state index contributed by atoms with van der Waals surface area (Å²) in [5.41, 5.74) is 2.05. The summed E-state index contributed by atoms with van der Waals surface area (Å²) in [4.78, 5) is 13.4. The van der Waals surface area contributed by atoms with Crippen molar-refractivity contribution in [2.24, 2.45) is 0 Å². The van der Waals surface area contributed by atoms with Gasteiger partial charge in [0.1, 0.15) is 6.54 Å². The Bertz CT molecular complexity index is 738. The zero-order valence-electron chi connectivity index (χ0n) is 12.1. The highest BCUT2D eigenvalue weighted by Gasteiger charge is 2.09. The highest BCUT2D eigenvalue weighted by atomic mass is 16.1. The smallest absolute Gasteiger partial charge is 0.204 e. The first-order valence-corrected chi connectivity index (χ1v) is 7.20. The maximum atomic E-state index is 12.0. The molecule has 3 rings (SSSR count). The molecule has 22 heavy (non-hydrogen) atoms. The molecule has 0 fully saturated rings. The number of carbonyl (C=O) groups excluding carboxylic acids is 1. The first kappa shape index (κ1) is 14.1. The number of tetrazole rings is 1. The molecule has 0 aliphatic rings. The Kier molecular flexibility index (Phi) is 4.34. The molecule has 0 spiro atoms. The van der Waals surface area contributed by atoms with Crippen LogP contribution in [0.25, 0.3) is 11.4 Å². The summed E-state index contributed by atoms with van der Waals surface area (Å²) in [5.74, 6) is 0.636. The molecule has 0 N–H and O–H groups in total. The van der Waals surface area contributed by atoms with Gasteiger partial charge >= 0.3 is 0 Å². The van der Waals surface area contributed by atoms with E-state index in [9.17, 15) is 4.79 Å².